The van der Waals surface area contributed by atoms with Crippen LogP contribution in [0, 0.1) is 3.57 Å². The summed E-state index contributed by atoms with van der Waals surface area (Å²) in [4.78, 5) is 14.0. The molecule has 0 bridgehead atoms. The molecule has 0 atom stereocenters. The van der Waals surface area contributed by atoms with Crippen molar-refractivity contribution in [3.05, 3.63) is 33.9 Å². The van der Waals surface area contributed by atoms with E-state index in [1.54, 1.807) is 12.3 Å². The van der Waals surface area contributed by atoms with Gasteiger partial charge in [0.1, 0.15) is 6.61 Å². The average Bonchev–Trinajstić information content (AvgIpc) is 2.62. The zero-order chi connectivity index (χ0) is 18.8. The number of benzene rings is 1. The molecular weight excluding hydrogens is 449 g/mol. The molecule has 2 rings (SSSR count). The lowest BCUT2D eigenvalue weighted by atomic mass is 10.2. The van der Waals surface area contributed by atoms with Crippen LogP contribution in [-0.4, -0.2) is 63.1 Å². The Balaban J connectivity index is 1.97. The third-order valence-corrected chi connectivity index (χ3v) is 4.35. The SMILES string of the molecule is C=CCOc1c(I)cc(C=NNC(=O)CN2CCOCC2)cc1OCC. The summed E-state index contributed by atoms with van der Waals surface area (Å²) in [6.45, 7) is 9.67. The Kier molecular flexibility index (Phi) is 8.86. The molecule has 1 amide bonds. The molecule has 1 aliphatic heterocycles. The second kappa shape index (κ2) is 11.1. The molecule has 0 unspecified atom stereocenters. The number of halogens is 1. The highest BCUT2D eigenvalue weighted by Gasteiger charge is 2.14. The Labute approximate surface area is 167 Å². The van der Waals surface area contributed by atoms with Crippen LogP contribution in [0.4, 0.5) is 0 Å². The van der Waals surface area contributed by atoms with Crippen LogP contribution < -0.4 is 14.9 Å². The molecule has 8 heteroatoms. The van der Waals surface area contributed by atoms with Crippen molar-refractivity contribution in [2.45, 2.75) is 6.92 Å². The van der Waals surface area contributed by atoms with E-state index in [0.717, 1.165) is 22.2 Å². The van der Waals surface area contributed by atoms with E-state index in [9.17, 15) is 4.79 Å². The first-order valence-corrected chi connectivity index (χ1v) is 9.54. The van der Waals surface area contributed by atoms with E-state index in [1.807, 2.05) is 24.0 Å². The fourth-order valence-electron chi connectivity index (χ4n) is 2.38. The highest BCUT2D eigenvalue weighted by Crippen LogP contribution is 2.33. The molecule has 0 radical (unpaired) electrons. The van der Waals surface area contributed by atoms with E-state index in [1.165, 1.54) is 0 Å². The van der Waals surface area contributed by atoms with E-state index < -0.39 is 0 Å². The quantitative estimate of drug-likeness (QED) is 0.257. The van der Waals surface area contributed by atoms with Crippen LogP contribution in [0.25, 0.3) is 0 Å². The predicted octanol–water partition coefficient (Wildman–Crippen LogP) is 2.04. The van der Waals surface area contributed by atoms with Crippen molar-refractivity contribution in [3.8, 4) is 11.5 Å². The summed E-state index contributed by atoms with van der Waals surface area (Å²) >= 11 is 2.19. The molecule has 1 saturated heterocycles. The number of nitrogens with one attached hydrogen (secondary N) is 1. The van der Waals surface area contributed by atoms with Gasteiger partial charge >= 0.3 is 0 Å². The van der Waals surface area contributed by atoms with Gasteiger partial charge in [0.2, 0.25) is 0 Å². The van der Waals surface area contributed by atoms with Gasteiger partial charge in [-0.2, -0.15) is 5.10 Å². The number of amides is 1. The van der Waals surface area contributed by atoms with Crippen molar-refractivity contribution in [1.29, 1.82) is 0 Å². The number of hydrazone groups is 1. The van der Waals surface area contributed by atoms with Crippen molar-refractivity contribution < 1.29 is 19.0 Å². The maximum atomic E-state index is 11.9. The van der Waals surface area contributed by atoms with Crippen molar-refractivity contribution in [1.82, 2.24) is 10.3 Å². The van der Waals surface area contributed by atoms with E-state index in [4.69, 9.17) is 14.2 Å². The molecule has 1 heterocycles. The predicted molar refractivity (Wildman–Crippen MR) is 109 cm³/mol. The molecule has 0 aliphatic carbocycles. The van der Waals surface area contributed by atoms with Crippen molar-refractivity contribution in [2.75, 3.05) is 46.1 Å². The molecule has 1 aromatic rings. The Morgan fingerprint density at radius 3 is 2.88 bits per heavy atom. The van der Waals surface area contributed by atoms with Crippen molar-refractivity contribution in [2.24, 2.45) is 5.10 Å². The Bertz CT molecular complexity index is 646. The maximum absolute atomic E-state index is 11.9. The fourth-order valence-corrected chi connectivity index (χ4v) is 3.17. The number of carbonyl (C=O) groups excluding carboxylic acids is 1. The van der Waals surface area contributed by atoms with Crippen LogP contribution in [-0.2, 0) is 9.53 Å². The van der Waals surface area contributed by atoms with Gasteiger partial charge in [-0.15, -0.1) is 0 Å². The van der Waals surface area contributed by atoms with Gasteiger partial charge < -0.3 is 14.2 Å². The minimum atomic E-state index is -0.145. The van der Waals surface area contributed by atoms with Crippen LogP contribution in [0.5, 0.6) is 11.5 Å². The van der Waals surface area contributed by atoms with Crippen LogP contribution in [0.15, 0.2) is 29.9 Å². The molecule has 7 nitrogen and oxygen atoms in total. The number of hydrogen-bond donors (Lipinski definition) is 1. The summed E-state index contributed by atoms with van der Waals surface area (Å²) in [6.07, 6.45) is 3.28. The lowest BCUT2D eigenvalue weighted by Gasteiger charge is -2.25. The molecule has 1 fully saturated rings. The highest BCUT2D eigenvalue weighted by molar-refractivity contribution is 14.1. The van der Waals surface area contributed by atoms with Gasteiger partial charge in [-0.25, -0.2) is 5.43 Å². The van der Waals surface area contributed by atoms with E-state index in [-0.39, 0.29) is 5.91 Å². The molecule has 26 heavy (non-hydrogen) atoms. The highest BCUT2D eigenvalue weighted by atomic mass is 127. The summed E-state index contributed by atoms with van der Waals surface area (Å²) < 4.78 is 17.5. The monoisotopic (exact) mass is 473 g/mol. The first kappa shape index (κ1) is 20.7. The number of hydrogen-bond acceptors (Lipinski definition) is 6. The third-order valence-electron chi connectivity index (χ3n) is 3.55. The van der Waals surface area contributed by atoms with E-state index in [2.05, 4.69) is 39.7 Å². The van der Waals surface area contributed by atoms with Crippen molar-refractivity contribution >= 4 is 34.7 Å². The maximum Gasteiger partial charge on any atom is 0.254 e. The molecule has 142 valence electrons. The topological polar surface area (TPSA) is 72.4 Å². The van der Waals surface area contributed by atoms with Crippen molar-refractivity contribution in [3.63, 3.8) is 0 Å². The van der Waals surface area contributed by atoms with E-state index in [0.29, 0.717) is 44.5 Å². The Morgan fingerprint density at radius 2 is 2.19 bits per heavy atom. The minimum Gasteiger partial charge on any atom is -0.490 e. The normalized spacial score (nSPS) is 15.0. The molecule has 1 aliphatic rings. The minimum absolute atomic E-state index is 0.145. The van der Waals surface area contributed by atoms with E-state index >= 15 is 0 Å². The number of morpholine rings is 1. The number of nitrogens with zero attached hydrogens (tertiary/aromatic N) is 2. The molecule has 0 aromatic heterocycles. The Hall–Kier alpha value is -1.65. The van der Waals surface area contributed by atoms with Crippen LogP contribution in [0.1, 0.15) is 12.5 Å². The second-order valence-electron chi connectivity index (χ2n) is 5.54. The zero-order valence-electron chi connectivity index (χ0n) is 14.9. The smallest absolute Gasteiger partial charge is 0.254 e. The van der Waals surface area contributed by atoms with Crippen LogP contribution >= 0.6 is 22.6 Å². The first-order valence-electron chi connectivity index (χ1n) is 8.46. The lowest BCUT2D eigenvalue weighted by molar-refractivity contribution is -0.123. The summed E-state index contributed by atoms with van der Waals surface area (Å²) in [5.41, 5.74) is 3.37. The third kappa shape index (κ3) is 6.58. The zero-order valence-corrected chi connectivity index (χ0v) is 17.0. The summed E-state index contributed by atoms with van der Waals surface area (Å²) in [5.74, 6) is 1.18. The van der Waals surface area contributed by atoms with Gasteiger partial charge in [-0.1, -0.05) is 12.7 Å². The van der Waals surface area contributed by atoms with Gasteiger partial charge in [0.05, 0.1) is 36.2 Å². The largest absolute Gasteiger partial charge is 0.490 e. The second-order valence-corrected chi connectivity index (χ2v) is 6.71. The molecule has 1 N–H and O–H groups in total. The van der Waals surface area contributed by atoms with Gasteiger partial charge in [0.25, 0.3) is 5.91 Å². The van der Waals surface area contributed by atoms with Gasteiger partial charge in [-0.3, -0.25) is 9.69 Å². The van der Waals surface area contributed by atoms with Gasteiger partial charge in [0.15, 0.2) is 11.5 Å². The number of ether oxygens (including phenoxy) is 3. The lowest BCUT2D eigenvalue weighted by Crippen LogP contribution is -2.42. The fraction of sp³-hybridized carbons (Fsp3) is 0.444. The van der Waals surface area contributed by atoms with Crippen LogP contribution in [0.3, 0.4) is 0 Å². The molecular formula is C18H24IN3O4. The standard InChI is InChI=1S/C18H24IN3O4/c1-3-7-26-18-15(19)10-14(11-16(18)25-4-2)12-20-21-17(23)13-22-5-8-24-9-6-22/h3,10-12H,1,4-9,13H2,2H3,(H,21,23). The molecule has 1 aromatic carbocycles. The van der Waals surface area contributed by atoms with Gasteiger partial charge in [0, 0.05) is 13.1 Å². The molecule has 0 saturated carbocycles. The van der Waals surface area contributed by atoms with Crippen LogP contribution in [0.2, 0.25) is 0 Å². The Morgan fingerprint density at radius 1 is 1.42 bits per heavy atom. The number of rotatable bonds is 9. The average molecular weight is 473 g/mol. The first-order chi connectivity index (χ1) is 12.6. The molecule has 0 spiro atoms. The number of carbonyl (C=O) groups is 1. The summed E-state index contributed by atoms with van der Waals surface area (Å²) in [6, 6.07) is 3.75. The summed E-state index contributed by atoms with van der Waals surface area (Å²) in [7, 11) is 0. The van der Waals surface area contributed by atoms with Gasteiger partial charge in [-0.05, 0) is 47.2 Å². The summed E-state index contributed by atoms with van der Waals surface area (Å²) in [5, 5.41) is 4.04.